The second-order valence-electron chi connectivity index (χ2n) is 5.11. The van der Waals surface area contributed by atoms with Gasteiger partial charge < -0.3 is 4.52 Å². The quantitative estimate of drug-likeness (QED) is 0.702. The van der Waals surface area contributed by atoms with Crippen LogP contribution in [0.15, 0.2) is 23.2 Å². The first-order valence-corrected chi connectivity index (χ1v) is 9.89. The van der Waals surface area contributed by atoms with E-state index in [9.17, 15) is 16.8 Å². The topological polar surface area (TPSA) is 97.6 Å². The Kier molecular flexibility index (Phi) is 4.54. The van der Waals surface area contributed by atoms with Crippen molar-refractivity contribution >= 4 is 19.9 Å². The van der Waals surface area contributed by atoms with Gasteiger partial charge in [-0.1, -0.05) is 11.2 Å². The zero-order chi connectivity index (χ0) is 15.7. The largest absolute Gasteiger partial charge is 0.360 e. The minimum Gasteiger partial charge on any atom is -0.360 e. The highest BCUT2D eigenvalue weighted by atomic mass is 32.2. The molecule has 1 aromatic rings. The predicted molar refractivity (Wildman–Crippen MR) is 77.8 cm³/mol. The van der Waals surface area contributed by atoms with E-state index in [0.717, 1.165) is 0 Å². The number of sulfone groups is 1. The van der Waals surface area contributed by atoms with Crippen molar-refractivity contribution < 1.29 is 21.4 Å². The van der Waals surface area contributed by atoms with Crippen molar-refractivity contribution in [2.24, 2.45) is 0 Å². The van der Waals surface area contributed by atoms with Crippen LogP contribution in [0.4, 0.5) is 0 Å². The lowest BCUT2D eigenvalue weighted by Crippen LogP contribution is -2.41. The normalized spacial score (nSPS) is 21.7. The van der Waals surface area contributed by atoms with Gasteiger partial charge in [0.05, 0.1) is 17.2 Å². The first-order chi connectivity index (χ1) is 9.73. The third kappa shape index (κ3) is 3.92. The maximum atomic E-state index is 12.5. The lowest BCUT2D eigenvalue weighted by atomic mass is 10.2. The fourth-order valence-corrected chi connectivity index (χ4v) is 5.82. The summed E-state index contributed by atoms with van der Waals surface area (Å²) in [5, 5.41) is 3.65. The van der Waals surface area contributed by atoms with Gasteiger partial charge in [0.25, 0.3) is 0 Å². The molecule has 0 aliphatic carbocycles. The molecule has 1 aromatic heterocycles. The molecule has 1 atom stereocenters. The van der Waals surface area contributed by atoms with Crippen molar-refractivity contribution in [3.63, 3.8) is 0 Å². The van der Waals surface area contributed by atoms with Gasteiger partial charge in [-0.2, -0.15) is 4.31 Å². The molecule has 0 radical (unpaired) electrons. The summed E-state index contributed by atoms with van der Waals surface area (Å²) in [5.74, 6) is -0.224. The van der Waals surface area contributed by atoms with Gasteiger partial charge >= 0.3 is 0 Å². The molecule has 0 N–H and O–H groups in total. The van der Waals surface area contributed by atoms with Crippen LogP contribution in [0.1, 0.15) is 17.9 Å². The molecule has 9 heteroatoms. The van der Waals surface area contributed by atoms with Crippen LogP contribution in [0.3, 0.4) is 0 Å². The van der Waals surface area contributed by atoms with E-state index in [1.54, 1.807) is 13.0 Å². The SMILES string of the molecule is C=CCN(C1CCS(=O)(=O)C1)S(=O)(=O)Cc1cc(C)no1. The molecule has 1 aliphatic rings. The molecule has 0 bridgehead atoms. The molecule has 2 rings (SSSR count). The van der Waals surface area contributed by atoms with Crippen molar-refractivity contribution in [2.45, 2.75) is 25.1 Å². The highest BCUT2D eigenvalue weighted by Crippen LogP contribution is 2.23. The lowest BCUT2D eigenvalue weighted by Gasteiger charge is -2.25. The Morgan fingerprint density at radius 2 is 2.29 bits per heavy atom. The molecule has 0 amide bonds. The van der Waals surface area contributed by atoms with E-state index in [2.05, 4.69) is 11.7 Å². The van der Waals surface area contributed by atoms with Crippen molar-refractivity contribution in [3.05, 3.63) is 30.2 Å². The minimum absolute atomic E-state index is 0.0161. The first kappa shape index (κ1) is 16.2. The standard InChI is InChI=1S/C12H18N2O5S2/c1-3-5-14(11-4-6-20(15,16)8-11)21(17,18)9-12-7-10(2)13-19-12/h3,7,11H,1,4-6,8-9H2,2H3. The van der Waals surface area contributed by atoms with Gasteiger partial charge in [-0.25, -0.2) is 16.8 Å². The molecule has 1 unspecified atom stereocenters. The number of aryl methyl sites for hydroxylation is 1. The number of sulfonamides is 1. The van der Waals surface area contributed by atoms with Crippen LogP contribution in [0.25, 0.3) is 0 Å². The Morgan fingerprint density at radius 1 is 1.57 bits per heavy atom. The smallest absolute Gasteiger partial charge is 0.222 e. The summed E-state index contributed by atoms with van der Waals surface area (Å²) >= 11 is 0. The number of rotatable bonds is 6. The molecule has 0 saturated carbocycles. The Bertz CT molecular complexity index is 721. The zero-order valence-electron chi connectivity index (χ0n) is 11.7. The van der Waals surface area contributed by atoms with E-state index in [1.807, 2.05) is 0 Å². The van der Waals surface area contributed by atoms with E-state index in [-0.39, 0.29) is 29.6 Å². The van der Waals surface area contributed by atoms with Gasteiger partial charge in [-0.15, -0.1) is 6.58 Å². The van der Waals surface area contributed by atoms with Gasteiger partial charge in [0.15, 0.2) is 15.6 Å². The van der Waals surface area contributed by atoms with E-state index >= 15 is 0 Å². The van der Waals surface area contributed by atoms with E-state index in [1.165, 1.54) is 10.4 Å². The van der Waals surface area contributed by atoms with Gasteiger partial charge in [-0.05, 0) is 13.3 Å². The molecule has 1 saturated heterocycles. The Hall–Kier alpha value is -1.19. The molecule has 7 nitrogen and oxygen atoms in total. The van der Waals surface area contributed by atoms with Crippen LogP contribution in [0.2, 0.25) is 0 Å². The summed E-state index contributed by atoms with van der Waals surface area (Å²) in [5.41, 5.74) is 0.596. The molecular weight excluding hydrogens is 316 g/mol. The van der Waals surface area contributed by atoms with Gasteiger partial charge in [0.1, 0.15) is 5.75 Å². The maximum absolute atomic E-state index is 12.5. The Labute approximate surface area is 124 Å². The fraction of sp³-hybridized carbons (Fsp3) is 0.583. The van der Waals surface area contributed by atoms with Crippen LogP contribution in [-0.4, -0.2) is 50.4 Å². The van der Waals surface area contributed by atoms with Gasteiger partial charge in [0, 0.05) is 18.7 Å². The average molecular weight is 334 g/mol. The summed E-state index contributed by atoms with van der Waals surface area (Å²) in [7, 11) is -6.86. The first-order valence-electron chi connectivity index (χ1n) is 6.46. The molecule has 1 aliphatic heterocycles. The molecule has 118 valence electrons. The number of aromatic nitrogens is 1. The number of hydrogen-bond acceptors (Lipinski definition) is 6. The molecule has 1 fully saturated rings. The van der Waals surface area contributed by atoms with Gasteiger partial charge in [0.2, 0.25) is 10.0 Å². The molecular formula is C12H18N2O5S2. The van der Waals surface area contributed by atoms with Crippen molar-refractivity contribution in [2.75, 3.05) is 18.1 Å². The van der Waals surface area contributed by atoms with Crippen LogP contribution in [0, 0.1) is 6.92 Å². The van der Waals surface area contributed by atoms with Crippen LogP contribution in [-0.2, 0) is 25.6 Å². The average Bonchev–Trinajstić information content (AvgIpc) is 2.91. The Balaban J connectivity index is 2.22. The number of nitrogens with zero attached hydrogens (tertiary/aromatic N) is 2. The summed E-state index contributed by atoms with van der Waals surface area (Å²) < 4.78 is 54.2. The third-order valence-electron chi connectivity index (χ3n) is 3.28. The predicted octanol–water partition coefficient (Wildman–Crippen LogP) is 0.488. The van der Waals surface area contributed by atoms with Crippen LogP contribution >= 0.6 is 0 Å². The number of hydrogen-bond donors (Lipinski definition) is 0. The van der Waals surface area contributed by atoms with E-state index < -0.39 is 25.9 Å². The second kappa shape index (κ2) is 5.90. The summed E-state index contributed by atoms with van der Waals surface area (Å²) in [6.45, 7) is 5.32. The minimum atomic E-state index is -3.69. The molecule has 21 heavy (non-hydrogen) atoms. The summed E-state index contributed by atoms with van der Waals surface area (Å²) in [4.78, 5) is 0. The van der Waals surface area contributed by atoms with Gasteiger partial charge in [-0.3, -0.25) is 0 Å². The van der Waals surface area contributed by atoms with E-state index in [0.29, 0.717) is 12.1 Å². The highest BCUT2D eigenvalue weighted by Gasteiger charge is 2.37. The molecule has 0 aromatic carbocycles. The maximum Gasteiger partial charge on any atom is 0.222 e. The summed E-state index contributed by atoms with van der Waals surface area (Å²) in [6, 6.07) is 1.01. The van der Waals surface area contributed by atoms with Crippen molar-refractivity contribution in [1.82, 2.24) is 9.46 Å². The Morgan fingerprint density at radius 3 is 2.76 bits per heavy atom. The van der Waals surface area contributed by atoms with E-state index in [4.69, 9.17) is 4.52 Å². The van der Waals surface area contributed by atoms with Crippen molar-refractivity contribution in [1.29, 1.82) is 0 Å². The molecule has 2 heterocycles. The van der Waals surface area contributed by atoms with Crippen LogP contribution in [0.5, 0.6) is 0 Å². The third-order valence-corrected chi connectivity index (χ3v) is 6.84. The summed E-state index contributed by atoms with van der Waals surface area (Å²) in [6.07, 6.45) is 1.76. The highest BCUT2D eigenvalue weighted by molar-refractivity contribution is 7.92. The fourth-order valence-electron chi connectivity index (χ4n) is 2.37. The zero-order valence-corrected chi connectivity index (χ0v) is 13.4. The van der Waals surface area contributed by atoms with Crippen LogP contribution < -0.4 is 0 Å². The van der Waals surface area contributed by atoms with Crippen molar-refractivity contribution in [3.8, 4) is 0 Å². The second-order valence-corrected chi connectivity index (χ2v) is 9.26. The lowest BCUT2D eigenvalue weighted by molar-refractivity contribution is 0.356. The monoisotopic (exact) mass is 334 g/mol. The molecule has 0 spiro atoms.